The third kappa shape index (κ3) is 5.12. The van der Waals surface area contributed by atoms with Gasteiger partial charge in [0.15, 0.2) is 5.78 Å². The van der Waals surface area contributed by atoms with Gasteiger partial charge in [-0.15, -0.1) is 0 Å². The number of aromatic hydroxyl groups is 1. The van der Waals surface area contributed by atoms with Crippen molar-refractivity contribution in [3.05, 3.63) is 58.7 Å². The standard InChI is InChI=1S/C24H24O7/c1-13(2)5-10-18-21(30-15(4)26)12-22-23(24(18)28)19(27)11-20(31-22)16-6-8-17(9-7-16)29-14(3)25/h5-9,12,20,28H,10-11H2,1-4H3. The average Bonchev–Trinajstić information content (AvgIpc) is 2.66. The molecular formula is C24H24O7. The van der Waals surface area contributed by atoms with Crippen molar-refractivity contribution in [2.75, 3.05) is 0 Å². The number of carbonyl (C=O) groups excluding carboxylic acids is 3. The molecule has 1 aliphatic heterocycles. The monoisotopic (exact) mass is 424 g/mol. The van der Waals surface area contributed by atoms with Crippen molar-refractivity contribution in [2.24, 2.45) is 0 Å². The van der Waals surface area contributed by atoms with Crippen LogP contribution in [-0.4, -0.2) is 22.8 Å². The van der Waals surface area contributed by atoms with Crippen molar-refractivity contribution < 1.29 is 33.7 Å². The number of benzene rings is 2. The molecule has 0 saturated carbocycles. The lowest BCUT2D eigenvalue weighted by Crippen LogP contribution is -2.21. The Kier molecular flexibility index (Phi) is 6.44. The molecule has 1 heterocycles. The van der Waals surface area contributed by atoms with Gasteiger partial charge in [0.1, 0.15) is 34.7 Å². The zero-order valence-electron chi connectivity index (χ0n) is 17.9. The molecule has 0 spiro atoms. The molecule has 0 aliphatic carbocycles. The second-order valence-electron chi connectivity index (χ2n) is 7.55. The normalized spacial score (nSPS) is 14.8. The van der Waals surface area contributed by atoms with Gasteiger partial charge in [0.05, 0.1) is 6.42 Å². The zero-order chi connectivity index (χ0) is 22.7. The van der Waals surface area contributed by atoms with E-state index >= 15 is 0 Å². The van der Waals surface area contributed by atoms with E-state index in [1.807, 2.05) is 19.9 Å². The molecule has 1 atom stereocenters. The molecule has 0 aromatic heterocycles. The van der Waals surface area contributed by atoms with Crippen molar-refractivity contribution in [3.8, 4) is 23.0 Å². The molecule has 7 heteroatoms. The molecule has 0 amide bonds. The number of allylic oxidation sites excluding steroid dienone is 2. The first-order valence-electron chi connectivity index (χ1n) is 9.84. The van der Waals surface area contributed by atoms with Crippen LogP contribution in [-0.2, 0) is 16.0 Å². The molecule has 1 unspecified atom stereocenters. The van der Waals surface area contributed by atoms with E-state index in [0.29, 0.717) is 23.3 Å². The molecule has 7 nitrogen and oxygen atoms in total. The molecule has 1 N–H and O–H groups in total. The minimum absolute atomic E-state index is 0.0302. The number of ketones is 1. The van der Waals surface area contributed by atoms with E-state index in [4.69, 9.17) is 14.2 Å². The van der Waals surface area contributed by atoms with Crippen molar-refractivity contribution in [1.29, 1.82) is 0 Å². The van der Waals surface area contributed by atoms with E-state index in [-0.39, 0.29) is 35.0 Å². The Balaban J connectivity index is 1.98. The van der Waals surface area contributed by atoms with Crippen LogP contribution < -0.4 is 14.2 Å². The Labute approximate surface area is 180 Å². The Bertz CT molecular complexity index is 1060. The minimum atomic E-state index is -0.598. The summed E-state index contributed by atoms with van der Waals surface area (Å²) in [6, 6.07) is 8.12. The van der Waals surface area contributed by atoms with E-state index in [1.165, 1.54) is 19.9 Å². The van der Waals surface area contributed by atoms with Crippen LogP contribution in [0.5, 0.6) is 23.0 Å². The van der Waals surface area contributed by atoms with Gasteiger partial charge in [-0.1, -0.05) is 23.8 Å². The van der Waals surface area contributed by atoms with Gasteiger partial charge in [0.25, 0.3) is 0 Å². The molecule has 0 fully saturated rings. The first-order chi connectivity index (χ1) is 14.7. The first kappa shape index (κ1) is 22.1. The maximum absolute atomic E-state index is 12.9. The number of fused-ring (bicyclic) bond motifs is 1. The van der Waals surface area contributed by atoms with Gasteiger partial charge in [0.2, 0.25) is 0 Å². The number of hydrogen-bond donors (Lipinski definition) is 1. The van der Waals surface area contributed by atoms with Crippen molar-refractivity contribution in [3.63, 3.8) is 0 Å². The maximum Gasteiger partial charge on any atom is 0.308 e. The smallest absolute Gasteiger partial charge is 0.308 e. The van der Waals surface area contributed by atoms with E-state index in [9.17, 15) is 19.5 Å². The SMILES string of the molecule is CC(=O)Oc1ccc(C2CC(=O)c3c(cc(OC(C)=O)c(CC=C(C)C)c3O)O2)cc1. The average molecular weight is 424 g/mol. The van der Waals surface area contributed by atoms with Gasteiger partial charge in [-0.3, -0.25) is 14.4 Å². The van der Waals surface area contributed by atoms with Crippen LogP contribution in [0.3, 0.4) is 0 Å². The van der Waals surface area contributed by atoms with Crippen LogP contribution >= 0.6 is 0 Å². The number of Topliss-reactive ketones (excluding diaryl/α,β-unsaturated/α-hetero) is 1. The van der Waals surface area contributed by atoms with Crippen LogP contribution in [0.15, 0.2) is 42.0 Å². The predicted octanol–water partition coefficient (Wildman–Crippen LogP) is 4.46. The lowest BCUT2D eigenvalue weighted by Gasteiger charge is -2.27. The number of ether oxygens (including phenoxy) is 3. The summed E-state index contributed by atoms with van der Waals surface area (Å²) >= 11 is 0. The third-order valence-corrected chi connectivity index (χ3v) is 4.73. The van der Waals surface area contributed by atoms with Crippen LogP contribution in [0.25, 0.3) is 0 Å². The summed E-state index contributed by atoms with van der Waals surface area (Å²) in [7, 11) is 0. The molecule has 0 bridgehead atoms. The molecule has 31 heavy (non-hydrogen) atoms. The number of phenolic OH excluding ortho intramolecular Hbond substituents is 1. The highest BCUT2D eigenvalue weighted by Gasteiger charge is 2.33. The molecule has 162 valence electrons. The van der Waals surface area contributed by atoms with Crippen LogP contribution in [0.4, 0.5) is 0 Å². The van der Waals surface area contributed by atoms with E-state index in [1.54, 1.807) is 24.3 Å². The minimum Gasteiger partial charge on any atom is -0.507 e. The third-order valence-electron chi connectivity index (χ3n) is 4.73. The van der Waals surface area contributed by atoms with Gasteiger partial charge < -0.3 is 19.3 Å². The predicted molar refractivity (Wildman–Crippen MR) is 113 cm³/mol. The number of esters is 2. The first-order valence-corrected chi connectivity index (χ1v) is 9.84. The van der Waals surface area contributed by atoms with Gasteiger partial charge >= 0.3 is 11.9 Å². The van der Waals surface area contributed by atoms with Gasteiger partial charge in [-0.2, -0.15) is 0 Å². The summed E-state index contributed by atoms with van der Waals surface area (Å²) in [5, 5.41) is 10.8. The Morgan fingerprint density at radius 2 is 1.74 bits per heavy atom. The molecule has 0 saturated heterocycles. The highest BCUT2D eigenvalue weighted by molar-refractivity contribution is 6.03. The van der Waals surface area contributed by atoms with Crippen LogP contribution in [0.1, 0.15) is 61.7 Å². The summed E-state index contributed by atoms with van der Waals surface area (Å²) < 4.78 is 16.3. The number of carbonyl (C=O) groups is 3. The number of phenols is 1. The maximum atomic E-state index is 12.9. The molecule has 1 aliphatic rings. The molecule has 0 radical (unpaired) electrons. The summed E-state index contributed by atoms with van der Waals surface area (Å²) in [5.74, 6) is -0.793. The van der Waals surface area contributed by atoms with Crippen LogP contribution in [0, 0.1) is 0 Å². The second kappa shape index (κ2) is 9.04. The summed E-state index contributed by atoms with van der Waals surface area (Å²) in [6.45, 7) is 6.40. The molecule has 2 aromatic rings. The van der Waals surface area contributed by atoms with E-state index < -0.39 is 18.0 Å². The largest absolute Gasteiger partial charge is 0.507 e. The number of rotatable bonds is 5. The Morgan fingerprint density at radius 3 is 2.32 bits per heavy atom. The van der Waals surface area contributed by atoms with Crippen LogP contribution in [0.2, 0.25) is 0 Å². The quantitative estimate of drug-likeness (QED) is 0.430. The molecular weight excluding hydrogens is 400 g/mol. The molecule has 2 aromatic carbocycles. The van der Waals surface area contributed by atoms with Gasteiger partial charge in [-0.05, 0) is 38.0 Å². The Hall–Kier alpha value is -3.61. The second-order valence-corrected chi connectivity index (χ2v) is 7.55. The summed E-state index contributed by atoms with van der Waals surface area (Å²) in [5.41, 5.74) is 2.17. The summed E-state index contributed by atoms with van der Waals surface area (Å²) in [6.07, 6.45) is 1.61. The highest BCUT2D eigenvalue weighted by atomic mass is 16.5. The lowest BCUT2D eigenvalue weighted by atomic mass is 9.92. The highest BCUT2D eigenvalue weighted by Crippen LogP contribution is 2.45. The number of hydrogen-bond acceptors (Lipinski definition) is 7. The van der Waals surface area contributed by atoms with Gasteiger partial charge in [0, 0.05) is 25.5 Å². The fourth-order valence-corrected chi connectivity index (χ4v) is 3.34. The van der Waals surface area contributed by atoms with E-state index in [0.717, 1.165) is 5.57 Å². The summed E-state index contributed by atoms with van der Waals surface area (Å²) in [4.78, 5) is 35.5. The fraction of sp³-hybridized carbons (Fsp3) is 0.292. The van der Waals surface area contributed by atoms with E-state index in [2.05, 4.69) is 0 Å². The fourth-order valence-electron chi connectivity index (χ4n) is 3.34. The van der Waals surface area contributed by atoms with Crippen molar-refractivity contribution >= 4 is 17.7 Å². The molecule has 3 rings (SSSR count). The van der Waals surface area contributed by atoms with Crippen molar-refractivity contribution in [1.82, 2.24) is 0 Å². The Morgan fingerprint density at radius 1 is 1.10 bits per heavy atom. The van der Waals surface area contributed by atoms with Gasteiger partial charge in [-0.25, -0.2) is 0 Å². The lowest BCUT2D eigenvalue weighted by molar-refractivity contribution is -0.132. The topological polar surface area (TPSA) is 99.1 Å². The zero-order valence-corrected chi connectivity index (χ0v) is 17.9. The van der Waals surface area contributed by atoms with Crippen molar-refractivity contribution in [2.45, 2.75) is 46.6 Å².